The minimum Gasteiger partial charge on any atom is -0.497 e. The average molecular weight is 409 g/mol. The molecule has 5 rings (SSSR count). The number of aromatic nitrogens is 3. The van der Waals surface area contributed by atoms with Gasteiger partial charge in [0.15, 0.2) is 0 Å². The molecule has 3 N–H and O–H groups in total. The van der Waals surface area contributed by atoms with Crippen LogP contribution in [-0.4, -0.2) is 33.1 Å². The van der Waals surface area contributed by atoms with Gasteiger partial charge in [0.2, 0.25) is 0 Å². The molecule has 6 heteroatoms. The van der Waals surface area contributed by atoms with Gasteiger partial charge in [-0.3, -0.25) is 0 Å². The number of para-hydroxylation sites is 1. The van der Waals surface area contributed by atoms with Crippen LogP contribution in [0.25, 0.3) is 44.8 Å². The van der Waals surface area contributed by atoms with Gasteiger partial charge < -0.3 is 19.8 Å². The molecule has 0 unspecified atom stereocenters. The Morgan fingerprint density at radius 2 is 1.65 bits per heavy atom. The number of H-pyrrole nitrogens is 2. The summed E-state index contributed by atoms with van der Waals surface area (Å²) in [5, 5.41) is 10.3. The van der Waals surface area contributed by atoms with Crippen LogP contribution >= 0.6 is 0 Å². The van der Waals surface area contributed by atoms with Crippen molar-refractivity contribution in [3.05, 3.63) is 84.6 Å². The van der Waals surface area contributed by atoms with Crippen molar-refractivity contribution < 1.29 is 14.6 Å². The summed E-state index contributed by atoms with van der Waals surface area (Å²) in [7, 11) is 1.64. The van der Waals surface area contributed by atoms with E-state index in [1.807, 2.05) is 48.7 Å². The van der Waals surface area contributed by atoms with E-state index in [0.717, 1.165) is 44.7 Å². The van der Waals surface area contributed by atoms with Crippen LogP contribution in [0.5, 0.6) is 5.75 Å². The molecule has 5 aromatic rings. The number of nitrogens with one attached hydrogen (secondary N) is 2. The number of aromatic amines is 2. The maximum absolute atomic E-state index is 11.2. The molecular formula is C25H19N3O3. The first-order valence-electron chi connectivity index (χ1n) is 9.78. The molecule has 0 aliphatic rings. The molecule has 152 valence electrons. The molecule has 2 aromatic heterocycles. The normalized spacial score (nSPS) is 11.0. The van der Waals surface area contributed by atoms with Gasteiger partial charge in [0.1, 0.15) is 11.6 Å². The number of imidazole rings is 1. The Labute approximate surface area is 178 Å². The fourth-order valence-corrected chi connectivity index (χ4v) is 3.71. The van der Waals surface area contributed by atoms with Crippen molar-refractivity contribution in [1.82, 2.24) is 15.0 Å². The number of nitrogens with zero attached hydrogens (tertiary/aromatic N) is 1. The minimum absolute atomic E-state index is 0.238. The summed E-state index contributed by atoms with van der Waals surface area (Å²) < 4.78 is 5.29. The highest BCUT2D eigenvalue weighted by Crippen LogP contribution is 2.37. The molecule has 0 spiro atoms. The Morgan fingerprint density at radius 1 is 0.935 bits per heavy atom. The van der Waals surface area contributed by atoms with Gasteiger partial charge in [-0.05, 0) is 42.5 Å². The maximum Gasteiger partial charge on any atom is 0.335 e. The highest BCUT2D eigenvalue weighted by atomic mass is 16.5. The van der Waals surface area contributed by atoms with Gasteiger partial charge in [-0.2, -0.15) is 0 Å². The topological polar surface area (TPSA) is 91.0 Å². The number of aromatic carboxylic acids is 1. The summed E-state index contributed by atoms with van der Waals surface area (Å²) in [4.78, 5) is 22.9. The van der Waals surface area contributed by atoms with E-state index in [1.165, 1.54) is 0 Å². The number of benzene rings is 3. The lowest BCUT2D eigenvalue weighted by molar-refractivity contribution is 0.0697. The molecule has 3 aromatic carbocycles. The standard InChI is InChI=1S/C25H19N3O3/c1-31-18-12-10-15(11-13-18)22-23(20-14-26-21-5-3-2-4-19(20)21)28-24(27-22)16-6-8-17(9-7-16)25(29)30/h2-14,26H,1H3,(H,27,28)(H,29,30). The highest BCUT2D eigenvalue weighted by Gasteiger charge is 2.18. The second-order valence-electron chi connectivity index (χ2n) is 7.17. The van der Waals surface area contributed by atoms with Crippen molar-refractivity contribution in [2.24, 2.45) is 0 Å². The lowest BCUT2D eigenvalue weighted by atomic mass is 10.0. The van der Waals surface area contributed by atoms with Crippen molar-refractivity contribution in [2.45, 2.75) is 0 Å². The lowest BCUT2D eigenvalue weighted by Crippen LogP contribution is -1.95. The minimum atomic E-state index is -0.954. The van der Waals surface area contributed by atoms with Gasteiger partial charge in [0, 0.05) is 33.8 Å². The van der Waals surface area contributed by atoms with E-state index < -0.39 is 5.97 Å². The number of carboxylic acid groups (broad SMARTS) is 1. The van der Waals surface area contributed by atoms with Gasteiger partial charge in [-0.1, -0.05) is 30.3 Å². The van der Waals surface area contributed by atoms with E-state index in [4.69, 9.17) is 9.72 Å². The smallest absolute Gasteiger partial charge is 0.335 e. The summed E-state index contributed by atoms with van der Waals surface area (Å²) >= 11 is 0. The van der Waals surface area contributed by atoms with Crippen LogP contribution in [0.15, 0.2) is 79.0 Å². The zero-order valence-electron chi connectivity index (χ0n) is 16.7. The number of carbonyl (C=O) groups is 1. The van der Waals surface area contributed by atoms with Crippen LogP contribution < -0.4 is 4.74 Å². The summed E-state index contributed by atoms with van der Waals surface area (Å²) in [6.07, 6.45) is 1.97. The Morgan fingerprint density at radius 3 is 2.35 bits per heavy atom. The van der Waals surface area contributed by atoms with E-state index in [1.54, 1.807) is 31.4 Å². The molecule has 0 bridgehead atoms. The Kier molecular flexibility index (Phi) is 4.52. The Hall–Kier alpha value is -4.32. The molecule has 2 heterocycles. The third-order valence-corrected chi connectivity index (χ3v) is 5.33. The average Bonchev–Trinajstić information content (AvgIpc) is 3.43. The maximum atomic E-state index is 11.2. The molecule has 0 aliphatic heterocycles. The third-order valence-electron chi connectivity index (χ3n) is 5.33. The fourth-order valence-electron chi connectivity index (χ4n) is 3.71. The number of ether oxygens (including phenoxy) is 1. The van der Waals surface area contributed by atoms with E-state index in [0.29, 0.717) is 5.82 Å². The van der Waals surface area contributed by atoms with E-state index in [-0.39, 0.29) is 5.56 Å². The zero-order chi connectivity index (χ0) is 21.4. The molecule has 0 saturated heterocycles. The van der Waals surface area contributed by atoms with Crippen molar-refractivity contribution in [3.63, 3.8) is 0 Å². The molecule has 0 fully saturated rings. The van der Waals surface area contributed by atoms with Gasteiger partial charge >= 0.3 is 5.97 Å². The van der Waals surface area contributed by atoms with Gasteiger partial charge in [-0.25, -0.2) is 9.78 Å². The quantitative estimate of drug-likeness (QED) is 0.352. The van der Waals surface area contributed by atoms with Gasteiger partial charge in [-0.15, -0.1) is 0 Å². The van der Waals surface area contributed by atoms with Crippen LogP contribution in [0.2, 0.25) is 0 Å². The van der Waals surface area contributed by atoms with Crippen molar-refractivity contribution in [2.75, 3.05) is 7.11 Å². The van der Waals surface area contributed by atoms with Crippen molar-refractivity contribution in [3.8, 4) is 39.7 Å². The summed E-state index contributed by atoms with van der Waals surface area (Å²) in [5.41, 5.74) is 5.76. The van der Waals surface area contributed by atoms with Crippen molar-refractivity contribution in [1.29, 1.82) is 0 Å². The van der Waals surface area contributed by atoms with Crippen LogP contribution in [0.1, 0.15) is 10.4 Å². The number of methoxy groups -OCH3 is 1. The first-order valence-corrected chi connectivity index (χ1v) is 9.78. The second-order valence-corrected chi connectivity index (χ2v) is 7.17. The van der Waals surface area contributed by atoms with Gasteiger partial charge in [0.05, 0.1) is 24.1 Å². The fraction of sp³-hybridized carbons (Fsp3) is 0.0400. The number of carboxylic acids is 1. The lowest BCUT2D eigenvalue weighted by Gasteiger charge is -2.04. The highest BCUT2D eigenvalue weighted by molar-refractivity contribution is 5.98. The first kappa shape index (κ1) is 18.7. The van der Waals surface area contributed by atoms with Gasteiger partial charge in [0.25, 0.3) is 0 Å². The number of hydrogen-bond acceptors (Lipinski definition) is 3. The number of fused-ring (bicyclic) bond motifs is 1. The van der Waals surface area contributed by atoms with Crippen LogP contribution in [0, 0.1) is 0 Å². The molecular weight excluding hydrogens is 390 g/mol. The molecule has 0 amide bonds. The SMILES string of the molecule is COc1ccc(-c2nc(-c3ccc(C(=O)O)cc3)[nH]c2-c2c[nH]c3ccccc23)cc1. The van der Waals surface area contributed by atoms with E-state index in [2.05, 4.69) is 16.0 Å². The first-order chi connectivity index (χ1) is 15.1. The monoisotopic (exact) mass is 409 g/mol. The molecule has 0 atom stereocenters. The molecule has 0 saturated carbocycles. The molecule has 6 nitrogen and oxygen atoms in total. The number of hydrogen-bond donors (Lipinski definition) is 3. The third kappa shape index (κ3) is 3.34. The van der Waals surface area contributed by atoms with Crippen LogP contribution in [-0.2, 0) is 0 Å². The summed E-state index contributed by atoms with van der Waals surface area (Å²) in [6.45, 7) is 0. The largest absolute Gasteiger partial charge is 0.497 e. The zero-order valence-corrected chi connectivity index (χ0v) is 16.7. The molecule has 0 aliphatic carbocycles. The summed E-state index contributed by atoms with van der Waals surface area (Å²) in [6, 6.07) is 22.6. The Balaban J connectivity index is 1.68. The second kappa shape index (κ2) is 7.50. The number of rotatable bonds is 5. The molecule has 0 radical (unpaired) electrons. The van der Waals surface area contributed by atoms with E-state index in [9.17, 15) is 9.90 Å². The Bertz CT molecular complexity index is 1380. The molecule has 31 heavy (non-hydrogen) atoms. The summed E-state index contributed by atoms with van der Waals surface area (Å²) in [5.74, 6) is 0.491. The van der Waals surface area contributed by atoms with Crippen LogP contribution in [0.4, 0.5) is 0 Å². The van der Waals surface area contributed by atoms with Crippen molar-refractivity contribution >= 4 is 16.9 Å². The predicted octanol–water partition coefficient (Wildman–Crippen LogP) is 5.60. The van der Waals surface area contributed by atoms with Crippen LogP contribution in [0.3, 0.4) is 0 Å². The van der Waals surface area contributed by atoms with E-state index >= 15 is 0 Å². The predicted molar refractivity (Wildman–Crippen MR) is 120 cm³/mol.